The van der Waals surface area contributed by atoms with Gasteiger partial charge in [0.1, 0.15) is 12.4 Å². The summed E-state index contributed by atoms with van der Waals surface area (Å²) in [6.45, 7) is 5.13. The van der Waals surface area contributed by atoms with Crippen molar-refractivity contribution in [3.8, 4) is 0 Å². The molecule has 0 spiro atoms. The van der Waals surface area contributed by atoms with Crippen LogP contribution in [-0.2, 0) is 16.0 Å². The number of imidazole rings is 1. The minimum absolute atomic E-state index is 0.0176. The first-order valence-corrected chi connectivity index (χ1v) is 14.8. The Balaban J connectivity index is 1.14. The number of amides is 3. The average molecular weight is 593 g/mol. The van der Waals surface area contributed by atoms with Crippen molar-refractivity contribution in [1.82, 2.24) is 24.3 Å². The lowest BCUT2D eigenvalue weighted by Crippen LogP contribution is -2.41. The van der Waals surface area contributed by atoms with Crippen molar-refractivity contribution in [1.29, 1.82) is 0 Å². The number of carbonyl (C=O) groups is 3. The lowest BCUT2D eigenvalue weighted by atomic mass is 10.0. The summed E-state index contributed by atoms with van der Waals surface area (Å²) in [6.07, 6.45) is 1.46. The van der Waals surface area contributed by atoms with Crippen molar-refractivity contribution < 1.29 is 18.8 Å². The molecule has 0 atom stereocenters. The van der Waals surface area contributed by atoms with Gasteiger partial charge in [-0.15, -0.1) is 11.3 Å². The number of aromatic nitrogens is 3. The Morgan fingerprint density at radius 3 is 2.55 bits per heavy atom. The molecule has 12 heteroatoms. The van der Waals surface area contributed by atoms with Crippen LogP contribution in [0.1, 0.15) is 48.8 Å². The van der Waals surface area contributed by atoms with Crippen molar-refractivity contribution in [2.45, 2.75) is 39.2 Å². The molecule has 2 aromatic carbocycles. The lowest BCUT2D eigenvalue weighted by molar-refractivity contribution is -0.131. The first kappa shape index (κ1) is 29.2. The average Bonchev–Trinajstić information content (AvgIpc) is 3.54. The van der Waals surface area contributed by atoms with Crippen LogP contribution in [0.5, 0.6) is 0 Å². The SMILES string of the molecule is CC(C)CN(CC(=O)Nc1nc(CC(=O)N2CCC(n3c(=O)[nH]c4ccccc43)CC2)cs1)C(=O)c1ccc(F)cc1. The molecule has 3 heterocycles. The van der Waals surface area contributed by atoms with Crippen LogP contribution in [0.3, 0.4) is 0 Å². The summed E-state index contributed by atoms with van der Waals surface area (Å²) >= 11 is 1.21. The maximum Gasteiger partial charge on any atom is 0.326 e. The van der Waals surface area contributed by atoms with Gasteiger partial charge < -0.3 is 20.1 Å². The van der Waals surface area contributed by atoms with E-state index in [1.807, 2.05) is 38.1 Å². The van der Waals surface area contributed by atoms with Crippen molar-refractivity contribution >= 4 is 45.2 Å². The molecule has 0 unspecified atom stereocenters. The third-order valence-electron chi connectivity index (χ3n) is 7.24. The van der Waals surface area contributed by atoms with E-state index in [2.05, 4.69) is 15.3 Å². The summed E-state index contributed by atoms with van der Waals surface area (Å²) < 4.78 is 15.1. The molecule has 0 saturated carbocycles. The van der Waals surface area contributed by atoms with Crippen LogP contribution in [0.15, 0.2) is 58.7 Å². The summed E-state index contributed by atoms with van der Waals surface area (Å²) in [6, 6.07) is 12.8. The second-order valence-corrected chi connectivity index (χ2v) is 11.7. The van der Waals surface area contributed by atoms with E-state index in [1.54, 1.807) is 14.8 Å². The Labute approximate surface area is 246 Å². The van der Waals surface area contributed by atoms with Gasteiger partial charge in [-0.1, -0.05) is 26.0 Å². The minimum atomic E-state index is -0.440. The first-order valence-electron chi connectivity index (χ1n) is 13.9. The van der Waals surface area contributed by atoms with Gasteiger partial charge in [-0.3, -0.25) is 19.0 Å². The molecule has 1 fully saturated rings. The zero-order valence-electron chi connectivity index (χ0n) is 23.5. The van der Waals surface area contributed by atoms with Gasteiger partial charge in [0.05, 0.1) is 23.1 Å². The molecule has 3 amide bonds. The number of nitrogens with one attached hydrogen (secondary N) is 2. The number of thiazole rings is 1. The van der Waals surface area contributed by atoms with E-state index in [1.165, 1.54) is 40.5 Å². The van der Waals surface area contributed by atoms with Crippen LogP contribution in [0.4, 0.5) is 9.52 Å². The molecule has 2 aromatic heterocycles. The van der Waals surface area contributed by atoms with Crippen molar-refractivity contribution in [2.75, 3.05) is 31.5 Å². The maximum absolute atomic E-state index is 13.3. The number of para-hydroxylation sites is 2. The quantitative estimate of drug-likeness (QED) is 0.304. The highest BCUT2D eigenvalue weighted by Crippen LogP contribution is 2.25. The molecular formula is C30H33FN6O4S. The van der Waals surface area contributed by atoms with Crippen molar-refractivity contribution in [3.05, 3.63) is 81.5 Å². The number of halogens is 1. The maximum atomic E-state index is 13.3. The van der Waals surface area contributed by atoms with Crippen molar-refractivity contribution in [2.24, 2.45) is 5.92 Å². The fraction of sp³-hybridized carbons (Fsp3) is 0.367. The molecule has 2 N–H and O–H groups in total. The van der Waals surface area contributed by atoms with E-state index in [0.717, 1.165) is 11.0 Å². The highest BCUT2D eigenvalue weighted by Gasteiger charge is 2.27. The van der Waals surface area contributed by atoms with Crippen molar-refractivity contribution in [3.63, 3.8) is 0 Å². The van der Waals surface area contributed by atoms with Crippen LogP contribution >= 0.6 is 11.3 Å². The predicted octanol–water partition coefficient (Wildman–Crippen LogP) is 4.07. The Kier molecular flexibility index (Phi) is 8.81. The van der Waals surface area contributed by atoms with Gasteiger partial charge in [0.15, 0.2) is 5.13 Å². The third kappa shape index (κ3) is 6.76. The topological polar surface area (TPSA) is 120 Å². The largest absolute Gasteiger partial charge is 0.342 e. The zero-order valence-corrected chi connectivity index (χ0v) is 24.3. The van der Waals surface area contributed by atoms with E-state index in [9.17, 15) is 23.6 Å². The van der Waals surface area contributed by atoms with Crippen LogP contribution < -0.4 is 11.0 Å². The van der Waals surface area contributed by atoms with Gasteiger partial charge in [-0.05, 0) is 55.2 Å². The molecule has 0 bridgehead atoms. The molecule has 1 aliphatic heterocycles. The molecule has 4 aromatic rings. The number of hydrogen-bond donors (Lipinski definition) is 2. The van der Waals surface area contributed by atoms with Gasteiger partial charge in [-0.2, -0.15) is 0 Å². The molecule has 1 aliphatic rings. The third-order valence-corrected chi connectivity index (χ3v) is 8.04. The number of anilines is 1. The highest BCUT2D eigenvalue weighted by molar-refractivity contribution is 7.13. The molecule has 10 nitrogen and oxygen atoms in total. The standard InChI is InChI=1S/C30H33FN6O4S/c1-19(2)16-36(28(40)20-7-9-21(31)10-8-20)17-26(38)34-29-32-22(18-42-29)15-27(39)35-13-11-23(12-14-35)37-25-6-4-3-5-24(25)33-30(37)41/h3-10,18-19,23H,11-17H2,1-2H3,(H,33,41)(H,32,34,38). The molecule has 5 rings (SSSR count). The second-order valence-electron chi connectivity index (χ2n) is 10.9. The number of nitrogens with zero attached hydrogens (tertiary/aromatic N) is 4. The number of piperidine rings is 1. The molecule has 42 heavy (non-hydrogen) atoms. The Morgan fingerprint density at radius 2 is 1.83 bits per heavy atom. The van der Waals surface area contributed by atoms with Crippen LogP contribution in [0, 0.1) is 11.7 Å². The van der Waals surface area contributed by atoms with Crippen LogP contribution in [-0.4, -0.2) is 68.2 Å². The van der Waals surface area contributed by atoms with E-state index in [4.69, 9.17) is 0 Å². The number of benzene rings is 2. The number of likely N-dealkylation sites (tertiary alicyclic amines) is 1. The smallest absolute Gasteiger partial charge is 0.326 e. The Bertz CT molecular complexity index is 1640. The fourth-order valence-corrected chi connectivity index (χ4v) is 6.02. The number of H-pyrrole nitrogens is 1. The molecule has 0 radical (unpaired) electrons. The number of rotatable bonds is 9. The molecule has 220 valence electrons. The minimum Gasteiger partial charge on any atom is -0.342 e. The second kappa shape index (κ2) is 12.7. The lowest BCUT2D eigenvalue weighted by Gasteiger charge is -2.32. The predicted molar refractivity (Wildman–Crippen MR) is 159 cm³/mol. The van der Waals surface area contributed by atoms with Gasteiger partial charge in [0, 0.05) is 36.6 Å². The number of hydrogen-bond acceptors (Lipinski definition) is 6. The molecule has 0 aliphatic carbocycles. The Hall–Kier alpha value is -4.32. The summed E-state index contributed by atoms with van der Waals surface area (Å²) in [5.41, 5.74) is 2.40. The summed E-state index contributed by atoms with van der Waals surface area (Å²) in [7, 11) is 0. The Morgan fingerprint density at radius 1 is 1.12 bits per heavy atom. The zero-order chi connectivity index (χ0) is 29.8. The summed E-state index contributed by atoms with van der Waals surface area (Å²) in [4.78, 5) is 61.9. The van der Waals surface area contributed by atoms with Gasteiger partial charge in [0.25, 0.3) is 5.91 Å². The van der Waals surface area contributed by atoms with Crippen LogP contribution in [0.2, 0.25) is 0 Å². The molecular weight excluding hydrogens is 559 g/mol. The molecule has 1 saturated heterocycles. The van der Waals surface area contributed by atoms with E-state index < -0.39 is 11.7 Å². The fourth-order valence-electron chi connectivity index (χ4n) is 5.29. The number of fused-ring (bicyclic) bond motifs is 1. The van der Waals surface area contributed by atoms with E-state index in [0.29, 0.717) is 48.9 Å². The monoisotopic (exact) mass is 592 g/mol. The van der Waals surface area contributed by atoms with E-state index >= 15 is 0 Å². The van der Waals surface area contributed by atoms with Gasteiger partial charge in [0.2, 0.25) is 11.8 Å². The van der Waals surface area contributed by atoms with Crippen LogP contribution in [0.25, 0.3) is 11.0 Å². The van der Waals surface area contributed by atoms with E-state index in [-0.39, 0.29) is 42.4 Å². The van der Waals surface area contributed by atoms with Gasteiger partial charge in [-0.25, -0.2) is 14.2 Å². The van der Waals surface area contributed by atoms with Gasteiger partial charge >= 0.3 is 5.69 Å². The summed E-state index contributed by atoms with van der Waals surface area (Å²) in [5, 5.41) is 4.81. The first-order chi connectivity index (χ1) is 20.2. The number of carbonyl (C=O) groups excluding carboxylic acids is 3. The highest BCUT2D eigenvalue weighted by atomic mass is 32.1. The number of aromatic amines is 1. The summed E-state index contributed by atoms with van der Waals surface area (Å²) in [5.74, 6) is -1.15. The normalized spacial score (nSPS) is 14.0.